The quantitative estimate of drug-likeness (QED) is 0.678. The molecule has 0 spiro atoms. The van der Waals surface area contributed by atoms with Crippen LogP contribution in [-0.2, 0) is 10.0 Å². The van der Waals surface area contributed by atoms with Gasteiger partial charge in [-0.05, 0) is 38.3 Å². The van der Waals surface area contributed by atoms with E-state index < -0.39 is 10.0 Å². The van der Waals surface area contributed by atoms with E-state index in [1.807, 2.05) is 27.7 Å². The molecule has 23 heavy (non-hydrogen) atoms. The molecule has 0 aromatic heterocycles. The van der Waals surface area contributed by atoms with Crippen LogP contribution in [0.5, 0.6) is 11.5 Å². The maximum absolute atomic E-state index is 12.5. The van der Waals surface area contributed by atoms with E-state index in [2.05, 4.69) is 4.72 Å². The second kappa shape index (κ2) is 9.10. The zero-order chi connectivity index (χ0) is 17.5. The van der Waals surface area contributed by atoms with Gasteiger partial charge in [-0.1, -0.05) is 13.8 Å². The Morgan fingerprint density at radius 2 is 1.74 bits per heavy atom. The number of sulfonamides is 1. The summed E-state index contributed by atoms with van der Waals surface area (Å²) in [7, 11) is -3.66. The molecule has 3 N–H and O–H groups in total. The minimum atomic E-state index is -3.66. The molecule has 7 heteroatoms. The third kappa shape index (κ3) is 6.01. The molecule has 0 aliphatic carbocycles. The molecular formula is C16H28N2O4S. The largest absolute Gasteiger partial charge is 0.490 e. The highest BCUT2D eigenvalue weighted by Gasteiger charge is 2.21. The summed E-state index contributed by atoms with van der Waals surface area (Å²) in [6.07, 6.45) is 0.686. The van der Waals surface area contributed by atoms with Gasteiger partial charge in [0.1, 0.15) is 0 Å². The second-order valence-corrected chi connectivity index (χ2v) is 7.37. The topological polar surface area (TPSA) is 90.7 Å². The first-order valence-electron chi connectivity index (χ1n) is 7.96. The molecule has 0 bridgehead atoms. The van der Waals surface area contributed by atoms with Crippen LogP contribution in [0.1, 0.15) is 34.1 Å². The van der Waals surface area contributed by atoms with Crippen molar-refractivity contribution in [3.63, 3.8) is 0 Å². The van der Waals surface area contributed by atoms with Gasteiger partial charge in [-0.25, -0.2) is 13.1 Å². The predicted molar refractivity (Wildman–Crippen MR) is 91.4 cm³/mol. The molecule has 0 saturated heterocycles. The smallest absolute Gasteiger partial charge is 0.241 e. The lowest BCUT2D eigenvalue weighted by molar-refractivity contribution is 0.287. The van der Waals surface area contributed by atoms with Crippen molar-refractivity contribution < 1.29 is 17.9 Å². The summed E-state index contributed by atoms with van der Waals surface area (Å²) in [6.45, 7) is 8.92. The van der Waals surface area contributed by atoms with E-state index in [-0.39, 0.29) is 17.5 Å². The maximum Gasteiger partial charge on any atom is 0.241 e. The Kier molecular flexibility index (Phi) is 7.81. The number of hydrogen-bond acceptors (Lipinski definition) is 5. The maximum atomic E-state index is 12.5. The first-order valence-corrected chi connectivity index (χ1v) is 9.44. The van der Waals surface area contributed by atoms with Gasteiger partial charge in [0.25, 0.3) is 0 Å². The lowest BCUT2D eigenvalue weighted by atomic mass is 10.1. The summed E-state index contributed by atoms with van der Waals surface area (Å²) >= 11 is 0. The van der Waals surface area contributed by atoms with Crippen molar-refractivity contribution in [1.82, 2.24) is 4.72 Å². The summed E-state index contributed by atoms with van der Waals surface area (Å²) in [5.41, 5.74) is 5.68. The van der Waals surface area contributed by atoms with Crippen molar-refractivity contribution in [1.29, 1.82) is 0 Å². The molecule has 0 heterocycles. The Morgan fingerprint density at radius 1 is 1.13 bits per heavy atom. The zero-order valence-corrected chi connectivity index (χ0v) is 15.2. The van der Waals surface area contributed by atoms with Crippen LogP contribution < -0.4 is 19.9 Å². The Bertz CT molecular complexity index is 588. The number of nitrogens with one attached hydrogen (secondary N) is 1. The van der Waals surface area contributed by atoms with Gasteiger partial charge in [-0.15, -0.1) is 0 Å². The highest BCUT2D eigenvalue weighted by molar-refractivity contribution is 7.89. The highest BCUT2D eigenvalue weighted by Crippen LogP contribution is 2.30. The van der Waals surface area contributed by atoms with Crippen LogP contribution in [0.15, 0.2) is 23.1 Å². The minimum Gasteiger partial charge on any atom is -0.490 e. The van der Waals surface area contributed by atoms with Crippen LogP contribution in [0.4, 0.5) is 0 Å². The number of hydrogen-bond donors (Lipinski definition) is 2. The van der Waals surface area contributed by atoms with Gasteiger partial charge in [0.2, 0.25) is 10.0 Å². The third-order valence-electron chi connectivity index (χ3n) is 3.19. The molecule has 1 aromatic rings. The average Bonchev–Trinajstić information content (AvgIpc) is 2.48. The molecule has 0 radical (unpaired) electrons. The van der Waals surface area contributed by atoms with Crippen molar-refractivity contribution in [2.45, 2.75) is 45.1 Å². The van der Waals surface area contributed by atoms with E-state index in [4.69, 9.17) is 15.2 Å². The van der Waals surface area contributed by atoms with Crippen molar-refractivity contribution >= 4 is 10.0 Å². The van der Waals surface area contributed by atoms with Gasteiger partial charge in [0, 0.05) is 18.7 Å². The van der Waals surface area contributed by atoms with Crippen LogP contribution >= 0.6 is 0 Å². The van der Waals surface area contributed by atoms with Crippen LogP contribution in [0.25, 0.3) is 0 Å². The first kappa shape index (κ1) is 19.7. The van der Waals surface area contributed by atoms with Gasteiger partial charge in [-0.3, -0.25) is 0 Å². The Morgan fingerprint density at radius 3 is 2.26 bits per heavy atom. The average molecular weight is 344 g/mol. The lowest BCUT2D eigenvalue weighted by Gasteiger charge is -2.19. The zero-order valence-electron chi connectivity index (χ0n) is 14.3. The van der Waals surface area contributed by atoms with Crippen LogP contribution in [-0.4, -0.2) is 34.2 Å². The van der Waals surface area contributed by atoms with Crippen LogP contribution in [0.3, 0.4) is 0 Å². The molecule has 132 valence electrons. The van der Waals surface area contributed by atoms with E-state index in [9.17, 15) is 8.42 Å². The van der Waals surface area contributed by atoms with Crippen molar-refractivity contribution in [2.75, 3.05) is 19.8 Å². The van der Waals surface area contributed by atoms with E-state index in [1.165, 1.54) is 12.1 Å². The normalized spacial score (nSPS) is 13.1. The number of rotatable bonds is 10. The molecule has 0 aliphatic rings. The molecule has 0 fully saturated rings. The fourth-order valence-electron chi connectivity index (χ4n) is 2.25. The summed E-state index contributed by atoms with van der Waals surface area (Å²) in [4.78, 5) is 0.145. The van der Waals surface area contributed by atoms with E-state index in [0.29, 0.717) is 37.1 Å². The van der Waals surface area contributed by atoms with E-state index in [0.717, 1.165) is 0 Å². The monoisotopic (exact) mass is 344 g/mol. The second-order valence-electron chi connectivity index (χ2n) is 5.66. The summed E-state index contributed by atoms with van der Waals surface area (Å²) in [6, 6.07) is 4.32. The Hall–Kier alpha value is -1.31. The number of benzene rings is 1. The lowest BCUT2D eigenvalue weighted by Crippen LogP contribution is -2.40. The summed E-state index contributed by atoms with van der Waals surface area (Å²) < 4.78 is 38.7. The molecule has 1 aromatic carbocycles. The van der Waals surface area contributed by atoms with Gasteiger partial charge >= 0.3 is 0 Å². The fraction of sp³-hybridized carbons (Fsp3) is 0.625. The van der Waals surface area contributed by atoms with E-state index in [1.54, 1.807) is 6.07 Å². The van der Waals surface area contributed by atoms with Gasteiger partial charge in [-0.2, -0.15) is 0 Å². The van der Waals surface area contributed by atoms with Crippen LogP contribution in [0, 0.1) is 5.92 Å². The first-order chi connectivity index (χ1) is 10.8. The molecular weight excluding hydrogens is 316 g/mol. The predicted octanol–water partition coefficient (Wildman–Crippen LogP) is 2.14. The molecule has 0 amide bonds. The van der Waals surface area contributed by atoms with Crippen LogP contribution in [0.2, 0.25) is 0 Å². The van der Waals surface area contributed by atoms with Crippen molar-refractivity contribution in [3.05, 3.63) is 18.2 Å². The molecule has 1 unspecified atom stereocenters. The Labute approximate surface area is 139 Å². The molecule has 1 atom stereocenters. The van der Waals surface area contributed by atoms with Crippen molar-refractivity contribution in [2.24, 2.45) is 11.7 Å². The SMILES string of the molecule is CCOc1ccc(S(=O)(=O)NC(CN)CC(C)C)cc1OCC. The highest BCUT2D eigenvalue weighted by atomic mass is 32.2. The molecule has 1 rings (SSSR count). The van der Waals surface area contributed by atoms with Gasteiger partial charge in [0.05, 0.1) is 18.1 Å². The van der Waals surface area contributed by atoms with Gasteiger partial charge in [0.15, 0.2) is 11.5 Å². The fourth-order valence-corrected chi connectivity index (χ4v) is 3.52. The van der Waals surface area contributed by atoms with E-state index >= 15 is 0 Å². The summed E-state index contributed by atoms with van der Waals surface area (Å²) in [5, 5.41) is 0. The van der Waals surface area contributed by atoms with Crippen molar-refractivity contribution in [3.8, 4) is 11.5 Å². The number of nitrogens with two attached hydrogens (primary N) is 1. The standard InChI is InChI=1S/C16H28N2O4S/c1-5-21-15-8-7-14(10-16(15)22-6-2)23(19,20)18-13(11-17)9-12(3)4/h7-8,10,12-13,18H,5-6,9,11,17H2,1-4H3. The minimum absolute atomic E-state index is 0.145. The molecule has 0 saturated carbocycles. The third-order valence-corrected chi connectivity index (χ3v) is 4.71. The summed E-state index contributed by atoms with van der Waals surface area (Å²) in [5.74, 6) is 1.31. The Balaban J connectivity index is 3.05. The number of ether oxygens (including phenoxy) is 2. The molecule has 0 aliphatic heterocycles. The molecule has 6 nitrogen and oxygen atoms in total. The van der Waals surface area contributed by atoms with Gasteiger partial charge < -0.3 is 15.2 Å².